The number of anilines is 1. The number of nitrogens with zero attached hydrogens (tertiary/aromatic N) is 2. The number of methoxy groups -OCH3 is 1. The van der Waals surface area contributed by atoms with Crippen molar-refractivity contribution in [2.45, 2.75) is 26.5 Å². The van der Waals surface area contributed by atoms with Crippen molar-refractivity contribution >= 4 is 17.4 Å². The van der Waals surface area contributed by atoms with E-state index in [1.54, 1.807) is 13.2 Å². The Bertz CT molecular complexity index is 358. The number of hydrogen-bond acceptors (Lipinski definition) is 4. The normalized spacial score (nSPS) is 10.9. The fourth-order valence-electron chi connectivity index (χ4n) is 1.57. The molecule has 0 bridgehead atoms. The predicted molar refractivity (Wildman–Crippen MR) is 69.5 cm³/mol. The Morgan fingerprint density at radius 3 is 2.71 bits per heavy atom. The fourth-order valence-corrected chi connectivity index (χ4v) is 1.74. The summed E-state index contributed by atoms with van der Waals surface area (Å²) < 4.78 is 5.08. The molecule has 0 aromatic carbocycles. The van der Waals surface area contributed by atoms with Crippen LogP contribution in [0.1, 0.15) is 19.5 Å². The predicted octanol–water partition coefficient (Wildman–Crippen LogP) is 2.09. The maximum atomic E-state index is 9.15. The second kappa shape index (κ2) is 6.79. The molecule has 0 aliphatic heterocycles. The molecule has 0 saturated heterocycles. The number of aromatic nitrogens is 1. The Morgan fingerprint density at radius 2 is 2.18 bits per heavy atom. The van der Waals surface area contributed by atoms with Crippen LogP contribution in [0.4, 0.5) is 5.82 Å². The standard InChI is InChI=1S/C12H19ClN2O2/c1-9(2)15(6-7-17-3)12-5-4-10(13)11(8-16)14-12/h4-5,9,16H,6-8H2,1-3H3. The van der Waals surface area contributed by atoms with Gasteiger partial charge in [-0.05, 0) is 26.0 Å². The number of aliphatic hydroxyl groups excluding tert-OH is 1. The number of rotatable bonds is 6. The van der Waals surface area contributed by atoms with E-state index in [-0.39, 0.29) is 6.61 Å². The summed E-state index contributed by atoms with van der Waals surface area (Å²) >= 11 is 5.92. The molecule has 0 amide bonds. The highest BCUT2D eigenvalue weighted by Gasteiger charge is 2.13. The third-order valence-corrected chi connectivity index (χ3v) is 2.85. The van der Waals surface area contributed by atoms with Crippen molar-refractivity contribution in [1.29, 1.82) is 0 Å². The Morgan fingerprint density at radius 1 is 1.47 bits per heavy atom. The molecule has 1 aromatic heterocycles. The number of pyridine rings is 1. The van der Waals surface area contributed by atoms with E-state index >= 15 is 0 Å². The van der Waals surface area contributed by atoms with Crippen LogP contribution in [0.25, 0.3) is 0 Å². The Balaban J connectivity index is 2.93. The molecule has 17 heavy (non-hydrogen) atoms. The third-order valence-electron chi connectivity index (χ3n) is 2.51. The molecule has 0 spiro atoms. The van der Waals surface area contributed by atoms with Crippen LogP contribution in [-0.4, -0.2) is 36.4 Å². The summed E-state index contributed by atoms with van der Waals surface area (Å²) in [4.78, 5) is 6.46. The van der Waals surface area contributed by atoms with Gasteiger partial charge in [-0.25, -0.2) is 4.98 Å². The summed E-state index contributed by atoms with van der Waals surface area (Å²) in [6.45, 7) is 5.42. The van der Waals surface area contributed by atoms with E-state index in [1.807, 2.05) is 6.07 Å². The molecule has 96 valence electrons. The number of halogens is 1. The van der Waals surface area contributed by atoms with Crippen LogP contribution in [0, 0.1) is 0 Å². The van der Waals surface area contributed by atoms with Gasteiger partial charge < -0.3 is 14.7 Å². The van der Waals surface area contributed by atoms with Gasteiger partial charge in [-0.2, -0.15) is 0 Å². The first kappa shape index (κ1) is 14.2. The number of aliphatic hydroxyl groups is 1. The number of ether oxygens (including phenoxy) is 1. The topological polar surface area (TPSA) is 45.6 Å². The van der Waals surface area contributed by atoms with Crippen LogP contribution in [0.5, 0.6) is 0 Å². The highest BCUT2D eigenvalue weighted by atomic mass is 35.5. The molecule has 1 heterocycles. The Kier molecular flexibility index (Phi) is 5.68. The van der Waals surface area contributed by atoms with Crippen molar-refractivity contribution in [3.05, 3.63) is 22.8 Å². The molecule has 1 N–H and O–H groups in total. The van der Waals surface area contributed by atoms with E-state index in [0.29, 0.717) is 23.4 Å². The SMILES string of the molecule is COCCN(c1ccc(Cl)c(CO)n1)C(C)C. The van der Waals surface area contributed by atoms with Crippen LogP contribution in [-0.2, 0) is 11.3 Å². The van der Waals surface area contributed by atoms with Gasteiger partial charge >= 0.3 is 0 Å². The fraction of sp³-hybridized carbons (Fsp3) is 0.583. The minimum absolute atomic E-state index is 0.150. The van der Waals surface area contributed by atoms with Gasteiger partial charge in [0.15, 0.2) is 0 Å². The van der Waals surface area contributed by atoms with E-state index < -0.39 is 0 Å². The molecule has 0 saturated carbocycles. The molecule has 1 rings (SSSR count). The van der Waals surface area contributed by atoms with Gasteiger partial charge in [-0.1, -0.05) is 11.6 Å². The van der Waals surface area contributed by atoms with Crippen LogP contribution in [0.2, 0.25) is 5.02 Å². The second-order valence-electron chi connectivity index (χ2n) is 4.04. The molecule has 0 radical (unpaired) electrons. The molecule has 0 atom stereocenters. The summed E-state index contributed by atoms with van der Waals surface area (Å²) in [5, 5.41) is 9.64. The molecule has 0 aliphatic carbocycles. The minimum atomic E-state index is -0.150. The summed E-state index contributed by atoms with van der Waals surface area (Å²) in [7, 11) is 1.67. The zero-order valence-electron chi connectivity index (χ0n) is 10.5. The Labute approximate surface area is 107 Å². The van der Waals surface area contributed by atoms with Crippen molar-refractivity contribution in [2.24, 2.45) is 0 Å². The lowest BCUT2D eigenvalue weighted by Crippen LogP contribution is -2.34. The largest absolute Gasteiger partial charge is 0.390 e. The van der Waals surface area contributed by atoms with Gasteiger partial charge in [0.2, 0.25) is 0 Å². The van der Waals surface area contributed by atoms with Crippen LogP contribution in [0.3, 0.4) is 0 Å². The number of hydrogen-bond donors (Lipinski definition) is 1. The molecule has 0 aliphatic rings. The Hall–Kier alpha value is -0.840. The summed E-state index contributed by atoms with van der Waals surface area (Å²) in [5.74, 6) is 0.811. The highest BCUT2D eigenvalue weighted by Crippen LogP contribution is 2.20. The molecular weight excluding hydrogens is 240 g/mol. The van der Waals surface area contributed by atoms with Crippen LogP contribution in [0.15, 0.2) is 12.1 Å². The molecule has 0 unspecified atom stereocenters. The average Bonchev–Trinajstić information content (AvgIpc) is 2.31. The molecule has 0 fully saturated rings. The van der Waals surface area contributed by atoms with E-state index in [2.05, 4.69) is 23.7 Å². The smallest absolute Gasteiger partial charge is 0.129 e. The van der Waals surface area contributed by atoms with Gasteiger partial charge in [-0.3, -0.25) is 0 Å². The van der Waals surface area contributed by atoms with Crippen molar-refractivity contribution in [3.8, 4) is 0 Å². The molecule has 4 nitrogen and oxygen atoms in total. The van der Waals surface area contributed by atoms with Crippen LogP contribution < -0.4 is 4.90 Å². The van der Waals surface area contributed by atoms with Crippen molar-refractivity contribution in [3.63, 3.8) is 0 Å². The first-order valence-corrected chi connectivity index (χ1v) is 5.99. The maximum Gasteiger partial charge on any atom is 0.129 e. The van der Waals surface area contributed by atoms with Crippen molar-refractivity contribution < 1.29 is 9.84 Å². The van der Waals surface area contributed by atoms with Gasteiger partial charge in [0.1, 0.15) is 5.82 Å². The van der Waals surface area contributed by atoms with E-state index in [9.17, 15) is 0 Å². The zero-order valence-corrected chi connectivity index (χ0v) is 11.2. The lowest BCUT2D eigenvalue weighted by Gasteiger charge is -2.28. The van der Waals surface area contributed by atoms with E-state index in [0.717, 1.165) is 12.4 Å². The molecule has 5 heteroatoms. The van der Waals surface area contributed by atoms with E-state index in [4.69, 9.17) is 21.4 Å². The van der Waals surface area contributed by atoms with Crippen molar-refractivity contribution in [2.75, 3.05) is 25.2 Å². The van der Waals surface area contributed by atoms with Crippen molar-refractivity contribution in [1.82, 2.24) is 4.98 Å². The molecule has 1 aromatic rings. The summed E-state index contributed by atoms with van der Waals surface area (Å²) in [6.07, 6.45) is 0. The van der Waals surface area contributed by atoms with Gasteiger partial charge in [0.05, 0.1) is 23.9 Å². The van der Waals surface area contributed by atoms with Gasteiger partial charge in [0, 0.05) is 19.7 Å². The first-order chi connectivity index (χ1) is 8.10. The highest BCUT2D eigenvalue weighted by molar-refractivity contribution is 6.31. The van der Waals surface area contributed by atoms with E-state index in [1.165, 1.54) is 0 Å². The summed E-state index contributed by atoms with van der Waals surface area (Å²) in [5.41, 5.74) is 0.507. The monoisotopic (exact) mass is 258 g/mol. The minimum Gasteiger partial charge on any atom is -0.390 e. The average molecular weight is 259 g/mol. The quantitative estimate of drug-likeness (QED) is 0.849. The second-order valence-corrected chi connectivity index (χ2v) is 4.44. The van der Waals surface area contributed by atoms with Crippen LogP contribution >= 0.6 is 11.6 Å². The summed E-state index contributed by atoms with van der Waals surface area (Å²) in [6, 6.07) is 3.93. The maximum absolute atomic E-state index is 9.15. The lowest BCUT2D eigenvalue weighted by atomic mass is 10.3. The zero-order chi connectivity index (χ0) is 12.8. The first-order valence-electron chi connectivity index (χ1n) is 5.62. The molecular formula is C12H19ClN2O2. The van der Waals surface area contributed by atoms with Gasteiger partial charge in [0.25, 0.3) is 0 Å². The third kappa shape index (κ3) is 3.84. The lowest BCUT2D eigenvalue weighted by molar-refractivity contribution is 0.203. The van der Waals surface area contributed by atoms with Gasteiger partial charge in [-0.15, -0.1) is 0 Å².